The number of piperazine rings is 2. The molecule has 2 aliphatic heterocycles. The van der Waals surface area contributed by atoms with Crippen LogP contribution >= 0.6 is 0 Å². The van der Waals surface area contributed by atoms with Gasteiger partial charge in [0.15, 0.2) is 12.6 Å². The molecule has 0 aromatic carbocycles. The van der Waals surface area contributed by atoms with Crippen molar-refractivity contribution in [3.63, 3.8) is 0 Å². The van der Waals surface area contributed by atoms with E-state index >= 15 is 0 Å². The van der Waals surface area contributed by atoms with E-state index in [1.165, 1.54) is 31.3 Å². The minimum Gasteiger partial charge on any atom is -0.336 e. The number of urea groups is 2. The molecule has 0 atom stereocenters. The zero-order valence-corrected chi connectivity index (χ0v) is 42.9. The van der Waals surface area contributed by atoms with Crippen molar-refractivity contribution >= 4 is 59.7 Å². The largest absolute Gasteiger partial charge is 0.389 e. The van der Waals surface area contributed by atoms with Gasteiger partial charge in [-0.25, -0.2) is 29.5 Å². The van der Waals surface area contributed by atoms with Gasteiger partial charge in [-0.15, -0.1) is 0 Å². The van der Waals surface area contributed by atoms with Crippen LogP contribution < -0.4 is 20.4 Å². The lowest BCUT2D eigenvalue weighted by Gasteiger charge is -2.32. The van der Waals surface area contributed by atoms with Gasteiger partial charge in [0.05, 0.1) is 19.8 Å². The number of alkyl halides is 4. The molecule has 22 heteroatoms. The van der Waals surface area contributed by atoms with E-state index < -0.39 is 31.3 Å². The molecule has 0 spiro atoms. The van der Waals surface area contributed by atoms with Crippen LogP contribution in [0, 0.1) is 35.5 Å². The minimum atomic E-state index is -4.33. The summed E-state index contributed by atoms with van der Waals surface area (Å²) >= 11 is 0. The molecule has 8 rings (SSSR count). The van der Waals surface area contributed by atoms with Gasteiger partial charge in [0.2, 0.25) is 11.8 Å². The molecule has 2 N–H and O–H groups in total. The summed E-state index contributed by atoms with van der Waals surface area (Å²) in [4.78, 5) is 101. The van der Waals surface area contributed by atoms with E-state index in [1.807, 2.05) is 23.9 Å². The number of aromatic nitrogens is 4. The molecule has 4 aliphatic rings. The maximum Gasteiger partial charge on any atom is 0.389 e. The lowest BCUT2D eigenvalue weighted by atomic mass is 10.0. The van der Waals surface area contributed by atoms with Crippen LogP contribution in [0.3, 0.4) is 0 Å². The third kappa shape index (κ3) is 16.1. The van der Waals surface area contributed by atoms with Crippen molar-refractivity contribution in [2.75, 3.05) is 94.6 Å². The Bertz CT molecular complexity index is 2940. The summed E-state index contributed by atoms with van der Waals surface area (Å²) < 4.78 is 51.4. The smallest absolute Gasteiger partial charge is 0.336 e. The van der Waals surface area contributed by atoms with Crippen LogP contribution in [0.5, 0.6) is 0 Å². The van der Waals surface area contributed by atoms with Crippen molar-refractivity contribution < 1.29 is 46.3 Å². The van der Waals surface area contributed by atoms with Crippen LogP contribution in [0.15, 0.2) is 48.8 Å². The summed E-state index contributed by atoms with van der Waals surface area (Å²) in [5, 5.41) is 5.31. The quantitative estimate of drug-likeness (QED) is 0.0758. The summed E-state index contributed by atoms with van der Waals surface area (Å²) in [7, 11) is 6.73. The summed E-state index contributed by atoms with van der Waals surface area (Å²) in [5.74, 6) is 13.8. The summed E-state index contributed by atoms with van der Waals surface area (Å²) in [6, 6.07) is 8.53. The molecular formula is C54H60F4N12O6. The molecule has 0 radical (unpaired) electrons. The molecule has 4 aromatic rings. The van der Waals surface area contributed by atoms with Gasteiger partial charge in [0, 0.05) is 106 Å². The van der Waals surface area contributed by atoms with Crippen LogP contribution in [-0.2, 0) is 35.5 Å². The molecule has 18 nitrogen and oxygen atoms in total. The molecule has 76 heavy (non-hydrogen) atoms. The number of aryl methyl sites for hydroxylation is 2. The number of halogens is 4. The number of likely N-dealkylation sites (N-methyl/N-ethyl adjacent to an activating group) is 2. The van der Waals surface area contributed by atoms with E-state index in [1.54, 1.807) is 46.3 Å². The van der Waals surface area contributed by atoms with Gasteiger partial charge in [-0.05, 0) is 94.4 Å². The fourth-order valence-corrected chi connectivity index (χ4v) is 7.94. The molecule has 400 valence electrons. The third-order valence-corrected chi connectivity index (χ3v) is 12.9. The molecule has 2 saturated carbocycles. The number of hydrogen-bond acceptors (Lipinski definition) is 12. The number of nitrogens with zero attached hydrogens (tertiary/aromatic N) is 10. The molecule has 4 fully saturated rings. The lowest BCUT2D eigenvalue weighted by Crippen LogP contribution is -2.48. The Kier molecular flexibility index (Phi) is 18.8. The Hall–Kier alpha value is -7.82. The zero-order chi connectivity index (χ0) is 54.5. The Balaban J connectivity index is 0.000000221. The second-order valence-corrected chi connectivity index (χ2v) is 19.2. The molecule has 0 bridgehead atoms. The van der Waals surface area contributed by atoms with E-state index in [0.29, 0.717) is 85.6 Å². The normalized spacial score (nSPS) is 15.8. The second kappa shape index (κ2) is 25.6. The van der Waals surface area contributed by atoms with E-state index in [0.717, 1.165) is 54.8 Å². The first-order chi connectivity index (χ1) is 36.4. The van der Waals surface area contributed by atoms with E-state index in [-0.39, 0.29) is 66.1 Å². The highest BCUT2D eigenvalue weighted by Gasteiger charge is 2.29. The van der Waals surface area contributed by atoms with E-state index in [9.17, 15) is 46.3 Å². The fourth-order valence-electron chi connectivity index (χ4n) is 7.94. The van der Waals surface area contributed by atoms with Crippen molar-refractivity contribution in [1.29, 1.82) is 0 Å². The van der Waals surface area contributed by atoms with Crippen LogP contribution in [0.2, 0.25) is 0 Å². The molecule has 6 amide bonds. The van der Waals surface area contributed by atoms with Gasteiger partial charge < -0.3 is 9.80 Å². The van der Waals surface area contributed by atoms with Gasteiger partial charge in [-0.2, -0.15) is 13.2 Å². The highest BCUT2D eigenvalue weighted by atomic mass is 19.4. The van der Waals surface area contributed by atoms with Crippen molar-refractivity contribution in [3.05, 3.63) is 93.6 Å². The molecule has 0 unspecified atom stereocenters. The van der Waals surface area contributed by atoms with Crippen LogP contribution in [0.25, 0.3) is 0 Å². The number of anilines is 4. The summed E-state index contributed by atoms with van der Waals surface area (Å²) in [5.41, 5.74) is 3.79. The maximum absolute atomic E-state index is 12.9. The Morgan fingerprint density at radius 1 is 0.684 bits per heavy atom. The molecule has 2 saturated heterocycles. The molecule has 2 aliphatic carbocycles. The van der Waals surface area contributed by atoms with Gasteiger partial charge in [-0.1, -0.05) is 35.8 Å². The van der Waals surface area contributed by atoms with E-state index in [4.69, 9.17) is 0 Å². The number of nitrogens with one attached hydrogen (secondary N) is 2. The van der Waals surface area contributed by atoms with Gasteiger partial charge in [-0.3, -0.25) is 53.8 Å². The number of pyridine rings is 4. The van der Waals surface area contributed by atoms with Gasteiger partial charge in [0.25, 0.3) is 0 Å². The Morgan fingerprint density at radius 2 is 1.12 bits per heavy atom. The first-order valence-electron chi connectivity index (χ1n) is 25.0. The van der Waals surface area contributed by atoms with Gasteiger partial charge >= 0.3 is 18.2 Å². The maximum atomic E-state index is 12.9. The Labute approximate surface area is 438 Å². The predicted octanol–water partition coefficient (Wildman–Crippen LogP) is 6.38. The highest BCUT2D eigenvalue weighted by molar-refractivity contribution is 6.01. The first-order valence-corrected chi connectivity index (χ1v) is 25.0. The first kappa shape index (κ1) is 55.9. The molecule has 6 heterocycles. The average Bonchev–Trinajstić information content (AvgIpc) is 4.36. The minimum absolute atomic E-state index is 0.00547. The second-order valence-electron chi connectivity index (χ2n) is 19.2. The van der Waals surface area contributed by atoms with Crippen LogP contribution in [0.1, 0.15) is 92.9 Å². The SMILES string of the molecule is CN1CCN(Cc2ccc(N(C)C(=O)Nc3cc(CCC(F)(F)F)c(C#CC4CC4)cn3)nc2C=O)C(=O)C1.CN1CCN(Cc2ccc(N(C)C(=O)Nc3cc(CCCF)c(C#CC4CC4)cn3)nc2C=O)C(=O)C1. The van der Waals surface area contributed by atoms with Crippen molar-refractivity contribution in [2.24, 2.45) is 11.8 Å². The van der Waals surface area contributed by atoms with Gasteiger partial charge in [0.1, 0.15) is 34.7 Å². The van der Waals surface area contributed by atoms with Crippen molar-refractivity contribution in [1.82, 2.24) is 39.5 Å². The number of hydrogen-bond donors (Lipinski definition) is 2. The predicted molar refractivity (Wildman–Crippen MR) is 276 cm³/mol. The van der Waals surface area contributed by atoms with Crippen LogP contribution in [-0.4, -0.2) is 156 Å². The van der Waals surface area contributed by atoms with Crippen LogP contribution in [0.4, 0.5) is 50.4 Å². The third-order valence-electron chi connectivity index (χ3n) is 12.9. The highest BCUT2D eigenvalue weighted by Crippen LogP contribution is 2.30. The number of rotatable bonds is 15. The molecule has 4 aromatic heterocycles. The number of aldehydes is 2. The van der Waals surface area contributed by atoms with Crippen molar-refractivity contribution in [2.45, 2.75) is 70.6 Å². The molecular weight excluding hydrogens is 989 g/mol. The fraction of sp³-hybridized carbons (Fsp3) is 0.444. The van der Waals surface area contributed by atoms with E-state index in [2.05, 4.69) is 54.3 Å². The topological polar surface area (TPSA) is 197 Å². The number of carbonyl (C=O) groups is 6. The summed E-state index contributed by atoms with van der Waals surface area (Å²) in [6.45, 7) is 3.28. The number of amides is 6. The average molecular weight is 1050 g/mol. The number of carbonyl (C=O) groups excluding carboxylic acids is 6. The lowest BCUT2D eigenvalue weighted by molar-refractivity contribution is -0.136. The van der Waals surface area contributed by atoms with Crippen molar-refractivity contribution in [3.8, 4) is 23.7 Å². The monoisotopic (exact) mass is 1050 g/mol. The summed E-state index contributed by atoms with van der Waals surface area (Å²) in [6.07, 6.45) is 3.56. The standard InChI is InChI=1S/C27H29F3N6O3.C27H31FN6O3/c1-34-11-12-36(25(38)16-34)15-21-7-8-24(32-22(21)17-37)35(2)26(39)33-23-13-19(9-10-27(28,29)30)20(14-31-23)6-5-18-3-4-18;1-32-12-13-34(26(36)17-32)16-22-9-10-25(30-23(22)18-35)33(2)27(37)31-24-14-20(4-3-11-28)21(15-29-24)8-7-19-5-6-19/h7-8,13-14,17-18H,3-4,9-12,15-16H2,1-2H3,(H,31,33,39);9-10,14-15,18-19H,3-6,11-13,16-17H2,1-2H3,(H,29,31,37). The zero-order valence-electron chi connectivity index (χ0n) is 42.9. The Morgan fingerprint density at radius 3 is 1.50 bits per heavy atom.